The maximum Gasteiger partial charge on any atom is 0.290 e. The Hall–Kier alpha value is -2.56. The first-order chi connectivity index (χ1) is 11.6. The Morgan fingerprint density at radius 3 is 2.92 bits per heavy atom. The minimum atomic E-state index is -0.00456. The summed E-state index contributed by atoms with van der Waals surface area (Å²) in [6.07, 6.45) is 5.90. The molecule has 0 aliphatic carbocycles. The molecule has 0 bridgehead atoms. The first kappa shape index (κ1) is 15.0. The fourth-order valence-corrected chi connectivity index (χ4v) is 3.58. The number of rotatable bonds is 3. The number of nitrogens with zero attached hydrogens (tertiary/aromatic N) is 3. The van der Waals surface area contributed by atoms with Gasteiger partial charge in [0.25, 0.3) is 5.91 Å². The van der Waals surface area contributed by atoms with Gasteiger partial charge >= 0.3 is 0 Å². The highest BCUT2D eigenvalue weighted by molar-refractivity contribution is 5.99. The van der Waals surface area contributed by atoms with Crippen LogP contribution in [-0.4, -0.2) is 33.2 Å². The summed E-state index contributed by atoms with van der Waals surface area (Å²) in [7, 11) is 0. The molecule has 1 aromatic carbocycles. The number of carbonyl (C=O) groups is 1. The molecule has 1 aliphatic rings. The Balaban J connectivity index is 1.61. The third-order valence-electron chi connectivity index (χ3n) is 4.84. The molecule has 1 amide bonds. The zero-order valence-electron chi connectivity index (χ0n) is 14.0. The Bertz CT molecular complexity index is 893. The lowest BCUT2D eigenvalue weighted by atomic mass is 10.1. The van der Waals surface area contributed by atoms with Gasteiger partial charge in [-0.15, -0.1) is 0 Å². The van der Waals surface area contributed by atoms with Crippen molar-refractivity contribution in [2.75, 3.05) is 6.54 Å². The van der Waals surface area contributed by atoms with Crippen molar-refractivity contribution in [1.82, 2.24) is 14.7 Å². The minimum absolute atomic E-state index is 0.00456. The van der Waals surface area contributed by atoms with Gasteiger partial charge in [0.05, 0.1) is 18.8 Å². The largest absolute Gasteiger partial charge is 0.451 e. The molecule has 1 aliphatic heterocycles. The predicted molar refractivity (Wildman–Crippen MR) is 92.0 cm³/mol. The zero-order valence-corrected chi connectivity index (χ0v) is 14.0. The van der Waals surface area contributed by atoms with Gasteiger partial charge in [-0.05, 0) is 38.3 Å². The average Bonchev–Trinajstić information content (AvgIpc) is 3.28. The molecule has 5 heteroatoms. The maximum absolute atomic E-state index is 13.0. The molecule has 0 saturated carbocycles. The van der Waals surface area contributed by atoms with Gasteiger partial charge in [0.2, 0.25) is 0 Å². The van der Waals surface area contributed by atoms with Crippen molar-refractivity contribution < 1.29 is 9.21 Å². The highest BCUT2D eigenvalue weighted by Gasteiger charge is 2.32. The standard InChI is InChI=1S/C19H21N3O2/c1-13-10-20-21(11-13)12-15-6-5-9-22(15)19(23)18-14(2)16-7-3-4-8-17(16)24-18/h3-4,7-8,10-11,15H,5-6,9,12H2,1-2H3/t15-/m0/s1. The maximum atomic E-state index is 13.0. The molecule has 1 fully saturated rings. The SMILES string of the molecule is Cc1cnn(C[C@@H]2CCCN2C(=O)c2oc3ccccc3c2C)c1. The second kappa shape index (κ2) is 5.82. The Labute approximate surface area is 140 Å². The lowest BCUT2D eigenvalue weighted by molar-refractivity contribution is 0.0690. The van der Waals surface area contributed by atoms with Crippen molar-refractivity contribution >= 4 is 16.9 Å². The number of para-hydroxylation sites is 1. The number of hydrogen-bond acceptors (Lipinski definition) is 3. The van der Waals surface area contributed by atoms with Crippen molar-refractivity contribution in [3.05, 3.63) is 53.5 Å². The van der Waals surface area contributed by atoms with Crippen molar-refractivity contribution in [1.29, 1.82) is 0 Å². The average molecular weight is 323 g/mol. The van der Waals surface area contributed by atoms with Crippen molar-refractivity contribution in [2.24, 2.45) is 0 Å². The summed E-state index contributed by atoms with van der Waals surface area (Å²) in [6, 6.07) is 7.98. The van der Waals surface area contributed by atoms with E-state index in [1.807, 2.05) is 60.1 Å². The normalized spacial score (nSPS) is 17.8. The smallest absolute Gasteiger partial charge is 0.290 e. The predicted octanol–water partition coefficient (Wildman–Crippen LogP) is 3.55. The van der Waals surface area contributed by atoms with Crippen molar-refractivity contribution in [3.8, 4) is 0 Å². The first-order valence-electron chi connectivity index (χ1n) is 8.41. The Kier molecular flexibility index (Phi) is 3.63. The molecule has 3 heterocycles. The third kappa shape index (κ3) is 2.50. The lowest BCUT2D eigenvalue weighted by Crippen LogP contribution is -2.38. The number of likely N-dealkylation sites (tertiary alicyclic amines) is 1. The molecule has 0 spiro atoms. The van der Waals surface area contributed by atoms with Gasteiger partial charge in [0.15, 0.2) is 5.76 Å². The van der Waals surface area contributed by atoms with E-state index in [1.54, 1.807) is 0 Å². The number of amides is 1. The number of fused-ring (bicyclic) bond motifs is 1. The summed E-state index contributed by atoms with van der Waals surface area (Å²) in [5.74, 6) is 0.467. The molecule has 2 aromatic heterocycles. The molecule has 3 aromatic rings. The Morgan fingerprint density at radius 2 is 2.17 bits per heavy atom. The van der Waals surface area contributed by atoms with Gasteiger partial charge in [-0.25, -0.2) is 0 Å². The highest BCUT2D eigenvalue weighted by Crippen LogP contribution is 2.28. The fourth-order valence-electron chi connectivity index (χ4n) is 3.58. The van der Waals surface area contributed by atoms with Gasteiger partial charge in [-0.3, -0.25) is 9.48 Å². The molecule has 0 unspecified atom stereocenters. The molecule has 1 atom stereocenters. The molecule has 5 nitrogen and oxygen atoms in total. The van der Waals surface area contributed by atoms with Crippen LogP contribution in [0.5, 0.6) is 0 Å². The first-order valence-corrected chi connectivity index (χ1v) is 8.41. The van der Waals surface area contributed by atoms with E-state index in [9.17, 15) is 4.79 Å². The molecule has 0 radical (unpaired) electrons. The molecule has 4 rings (SSSR count). The van der Waals surface area contributed by atoms with Crippen LogP contribution in [-0.2, 0) is 6.54 Å². The second-order valence-electron chi connectivity index (χ2n) is 6.59. The topological polar surface area (TPSA) is 51.3 Å². The van der Waals surface area contributed by atoms with E-state index in [-0.39, 0.29) is 11.9 Å². The van der Waals surface area contributed by atoms with Crippen LogP contribution in [0.15, 0.2) is 41.1 Å². The quantitative estimate of drug-likeness (QED) is 0.740. The van der Waals surface area contributed by atoms with Crippen LogP contribution < -0.4 is 0 Å². The number of furan rings is 1. The molecule has 24 heavy (non-hydrogen) atoms. The van der Waals surface area contributed by atoms with Gasteiger partial charge in [-0.1, -0.05) is 18.2 Å². The summed E-state index contributed by atoms with van der Waals surface area (Å²) in [5, 5.41) is 5.37. The number of benzene rings is 1. The van der Waals surface area contributed by atoms with Crippen LogP contribution in [0.25, 0.3) is 11.0 Å². The van der Waals surface area contributed by atoms with Crippen LogP contribution in [0.2, 0.25) is 0 Å². The number of aryl methyl sites for hydroxylation is 2. The van der Waals surface area contributed by atoms with E-state index in [1.165, 1.54) is 0 Å². The molecule has 0 N–H and O–H groups in total. The van der Waals surface area contributed by atoms with Crippen LogP contribution in [0.1, 0.15) is 34.5 Å². The zero-order chi connectivity index (χ0) is 16.7. The van der Waals surface area contributed by atoms with Crippen LogP contribution >= 0.6 is 0 Å². The molecule has 1 saturated heterocycles. The van der Waals surface area contributed by atoms with Gasteiger partial charge in [0, 0.05) is 23.7 Å². The number of hydrogen-bond donors (Lipinski definition) is 0. The summed E-state index contributed by atoms with van der Waals surface area (Å²) in [6.45, 7) is 5.50. The van der Waals surface area contributed by atoms with Gasteiger partial charge < -0.3 is 9.32 Å². The van der Waals surface area contributed by atoms with Crippen LogP contribution in [0.3, 0.4) is 0 Å². The van der Waals surface area contributed by atoms with Gasteiger partial charge in [-0.2, -0.15) is 5.10 Å². The van der Waals surface area contributed by atoms with E-state index in [4.69, 9.17) is 4.42 Å². The molecular weight excluding hydrogens is 302 g/mol. The van der Waals surface area contributed by atoms with E-state index in [0.29, 0.717) is 5.76 Å². The van der Waals surface area contributed by atoms with Crippen LogP contribution in [0, 0.1) is 13.8 Å². The molecule has 124 valence electrons. The third-order valence-corrected chi connectivity index (χ3v) is 4.84. The van der Waals surface area contributed by atoms with Crippen molar-refractivity contribution in [3.63, 3.8) is 0 Å². The minimum Gasteiger partial charge on any atom is -0.451 e. The Morgan fingerprint density at radius 1 is 1.33 bits per heavy atom. The highest BCUT2D eigenvalue weighted by atomic mass is 16.3. The lowest BCUT2D eigenvalue weighted by Gasteiger charge is -2.24. The summed E-state index contributed by atoms with van der Waals surface area (Å²) in [5.41, 5.74) is 2.84. The summed E-state index contributed by atoms with van der Waals surface area (Å²) < 4.78 is 7.79. The number of carbonyl (C=O) groups excluding carboxylic acids is 1. The second-order valence-corrected chi connectivity index (χ2v) is 6.59. The monoisotopic (exact) mass is 323 g/mol. The van der Waals surface area contributed by atoms with E-state index < -0.39 is 0 Å². The van der Waals surface area contributed by atoms with Gasteiger partial charge in [0.1, 0.15) is 5.58 Å². The fraction of sp³-hybridized carbons (Fsp3) is 0.368. The van der Waals surface area contributed by atoms with E-state index in [0.717, 1.165) is 48.0 Å². The summed E-state index contributed by atoms with van der Waals surface area (Å²) in [4.78, 5) is 15.0. The number of aromatic nitrogens is 2. The summed E-state index contributed by atoms with van der Waals surface area (Å²) >= 11 is 0. The van der Waals surface area contributed by atoms with Crippen LogP contribution in [0.4, 0.5) is 0 Å². The van der Waals surface area contributed by atoms with E-state index in [2.05, 4.69) is 5.10 Å². The molecular formula is C19H21N3O2. The van der Waals surface area contributed by atoms with Crippen molar-refractivity contribution in [2.45, 2.75) is 39.3 Å². The van der Waals surface area contributed by atoms with E-state index >= 15 is 0 Å².